The van der Waals surface area contributed by atoms with Gasteiger partial charge in [0.15, 0.2) is 0 Å². The van der Waals surface area contributed by atoms with Crippen LogP contribution in [0.5, 0.6) is 0 Å². The molecule has 2 rings (SSSR count). The second kappa shape index (κ2) is 5.26. The topological polar surface area (TPSA) is 26.3 Å². The molecule has 1 heterocycles. The van der Waals surface area contributed by atoms with Crippen LogP contribution < -0.4 is 0 Å². The van der Waals surface area contributed by atoms with Crippen LogP contribution >= 0.6 is 0 Å². The zero-order valence-corrected chi connectivity index (χ0v) is 9.69. The molecule has 16 heavy (non-hydrogen) atoms. The molecule has 1 aliphatic rings. The standard InChI is InChI=1S/C14H18O2/c1-2-14-12(8-9-16-14)13(15)10-11-6-4-3-5-7-11/h3-7,12,14H,2,8-10H2,1H3. The van der Waals surface area contributed by atoms with E-state index in [0.717, 1.165) is 25.0 Å². The van der Waals surface area contributed by atoms with Gasteiger partial charge >= 0.3 is 0 Å². The Morgan fingerprint density at radius 2 is 2.12 bits per heavy atom. The zero-order valence-electron chi connectivity index (χ0n) is 9.69. The van der Waals surface area contributed by atoms with E-state index in [4.69, 9.17) is 4.74 Å². The minimum atomic E-state index is 0.116. The minimum Gasteiger partial charge on any atom is -0.377 e. The number of carbonyl (C=O) groups is 1. The number of ether oxygens (including phenoxy) is 1. The van der Waals surface area contributed by atoms with Crippen molar-refractivity contribution in [3.05, 3.63) is 35.9 Å². The van der Waals surface area contributed by atoms with E-state index >= 15 is 0 Å². The first-order chi connectivity index (χ1) is 7.81. The third-order valence-electron chi connectivity index (χ3n) is 3.25. The van der Waals surface area contributed by atoms with Crippen molar-refractivity contribution in [1.82, 2.24) is 0 Å². The first kappa shape index (κ1) is 11.3. The molecular weight excluding hydrogens is 200 g/mol. The molecule has 0 aromatic heterocycles. The van der Waals surface area contributed by atoms with Gasteiger partial charge in [0, 0.05) is 18.9 Å². The Kier molecular flexibility index (Phi) is 3.73. The van der Waals surface area contributed by atoms with Crippen molar-refractivity contribution in [2.45, 2.75) is 32.3 Å². The summed E-state index contributed by atoms with van der Waals surface area (Å²) in [6.07, 6.45) is 2.53. The molecule has 0 bridgehead atoms. The van der Waals surface area contributed by atoms with E-state index in [1.165, 1.54) is 0 Å². The molecule has 1 aliphatic heterocycles. The Labute approximate surface area is 96.6 Å². The highest BCUT2D eigenvalue weighted by Gasteiger charge is 2.32. The maximum Gasteiger partial charge on any atom is 0.143 e. The van der Waals surface area contributed by atoms with E-state index in [9.17, 15) is 4.79 Å². The molecule has 1 saturated heterocycles. The molecule has 0 aliphatic carbocycles. The van der Waals surface area contributed by atoms with Crippen molar-refractivity contribution < 1.29 is 9.53 Å². The number of hydrogen-bond donors (Lipinski definition) is 0. The van der Waals surface area contributed by atoms with Gasteiger partial charge in [0.2, 0.25) is 0 Å². The predicted octanol–water partition coefficient (Wildman–Crippen LogP) is 2.61. The lowest BCUT2D eigenvalue weighted by atomic mass is 9.91. The highest BCUT2D eigenvalue weighted by molar-refractivity contribution is 5.84. The number of benzene rings is 1. The molecule has 1 aromatic carbocycles. The molecule has 0 saturated carbocycles. The van der Waals surface area contributed by atoms with Gasteiger partial charge in [0.05, 0.1) is 6.10 Å². The molecule has 86 valence electrons. The lowest BCUT2D eigenvalue weighted by Crippen LogP contribution is -2.25. The lowest BCUT2D eigenvalue weighted by molar-refractivity contribution is -0.123. The third-order valence-corrected chi connectivity index (χ3v) is 3.25. The molecule has 2 unspecified atom stereocenters. The summed E-state index contributed by atoms with van der Waals surface area (Å²) in [5, 5.41) is 0. The third kappa shape index (κ3) is 2.50. The van der Waals surface area contributed by atoms with Crippen LogP contribution in [0.2, 0.25) is 0 Å². The van der Waals surface area contributed by atoms with Crippen LogP contribution in [0.25, 0.3) is 0 Å². The van der Waals surface area contributed by atoms with Crippen molar-refractivity contribution in [2.24, 2.45) is 5.92 Å². The molecule has 2 atom stereocenters. The molecule has 2 heteroatoms. The highest BCUT2D eigenvalue weighted by Crippen LogP contribution is 2.25. The number of rotatable bonds is 4. The van der Waals surface area contributed by atoms with Gasteiger partial charge in [-0.1, -0.05) is 37.3 Å². The van der Waals surface area contributed by atoms with Crippen molar-refractivity contribution in [2.75, 3.05) is 6.61 Å². The van der Waals surface area contributed by atoms with Crippen LogP contribution in [0.15, 0.2) is 30.3 Å². The highest BCUT2D eigenvalue weighted by atomic mass is 16.5. The van der Waals surface area contributed by atoms with Gasteiger partial charge in [-0.25, -0.2) is 0 Å². The normalized spacial score (nSPS) is 24.6. The van der Waals surface area contributed by atoms with E-state index < -0.39 is 0 Å². The molecule has 0 spiro atoms. The largest absolute Gasteiger partial charge is 0.377 e. The van der Waals surface area contributed by atoms with Crippen LogP contribution in [-0.4, -0.2) is 18.5 Å². The van der Waals surface area contributed by atoms with E-state index in [0.29, 0.717) is 12.2 Å². The fraction of sp³-hybridized carbons (Fsp3) is 0.500. The summed E-state index contributed by atoms with van der Waals surface area (Å²) in [7, 11) is 0. The average Bonchev–Trinajstić information content (AvgIpc) is 2.78. The Hall–Kier alpha value is -1.15. The van der Waals surface area contributed by atoms with Crippen molar-refractivity contribution >= 4 is 5.78 Å². The van der Waals surface area contributed by atoms with Crippen molar-refractivity contribution in [3.8, 4) is 0 Å². The van der Waals surface area contributed by atoms with Gasteiger partial charge in [-0.3, -0.25) is 4.79 Å². The van der Waals surface area contributed by atoms with Gasteiger partial charge in [-0.15, -0.1) is 0 Å². The predicted molar refractivity (Wildman–Crippen MR) is 63.3 cm³/mol. The summed E-state index contributed by atoms with van der Waals surface area (Å²) in [5.74, 6) is 0.445. The van der Waals surface area contributed by atoms with Crippen LogP contribution in [0, 0.1) is 5.92 Å². The summed E-state index contributed by atoms with van der Waals surface area (Å²) in [5.41, 5.74) is 1.11. The maximum absolute atomic E-state index is 12.1. The van der Waals surface area contributed by atoms with E-state index in [1.54, 1.807) is 0 Å². The van der Waals surface area contributed by atoms with Crippen LogP contribution in [0.3, 0.4) is 0 Å². The molecule has 0 amide bonds. The molecule has 0 radical (unpaired) electrons. The maximum atomic E-state index is 12.1. The van der Waals surface area contributed by atoms with Crippen LogP contribution in [-0.2, 0) is 16.0 Å². The molecule has 0 N–H and O–H groups in total. The summed E-state index contributed by atoms with van der Waals surface area (Å²) < 4.78 is 5.55. The van der Waals surface area contributed by atoms with Gasteiger partial charge in [0.1, 0.15) is 5.78 Å². The number of Topliss-reactive ketones (excluding diaryl/α,β-unsaturated/α-hetero) is 1. The summed E-state index contributed by atoms with van der Waals surface area (Å²) in [4.78, 5) is 12.1. The zero-order chi connectivity index (χ0) is 11.4. The summed E-state index contributed by atoms with van der Waals surface area (Å²) in [6.45, 7) is 2.82. The van der Waals surface area contributed by atoms with Gasteiger partial charge in [-0.05, 0) is 18.4 Å². The summed E-state index contributed by atoms with van der Waals surface area (Å²) in [6, 6.07) is 9.95. The first-order valence-corrected chi connectivity index (χ1v) is 5.99. The Morgan fingerprint density at radius 1 is 1.38 bits per heavy atom. The van der Waals surface area contributed by atoms with E-state index in [-0.39, 0.29) is 12.0 Å². The van der Waals surface area contributed by atoms with Gasteiger partial charge in [-0.2, -0.15) is 0 Å². The summed E-state index contributed by atoms with van der Waals surface area (Å²) >= 11 is 0. The fourth-order valence-corrected chi connectivity index (χ4v) is 2.35. The molecule has 2 nitrogen and oxygen atoms in total. The van der Waals surface area contributed by atoms with E-state index in [1.807, 2.05) is 30.3 Å². The number of ketones is 1. The quantitative estimate of drug-likeness (QED) is 0.776. The number of carbonyl (C=O) groups excluding carboxylic acids is 1. The minimum absolute atomic E-state index is 0.116. The second-order valence-electron chi connectivity index (χ2n) is 4.34. The van der Waals surface area contributed by atoms with Gasteiger partial charge in [0.25, 0.3) is 0 Å². The smallest absolute Gasteiger partial charge is 0.143 e. The fourth-order valence-electron chi connectivity index (χ4n) is 2.35. The van der Waals surface area contributed by atoms with Crippen LogP contribution in [0.4, 0.5) is 0 Å². The SMILES string of the molecule is CCC1OCCC1C(=O)Cc1ccccc1. The van der Waals surface area contributed by atoms with Crippen LogP contribution in [0.1, 0.15) is 25.3 Å². The molecule has 1 aromatic rings. The van der Waals surface area contributed by atoms with E-state index in [2.05, 4.69) is 6.92 Å². The monoisotopic (exact) mass is 218 g/mol. The number of hydrogen-bond acceptors (Lipinski definition) is 2. The Balaban J connectivity index is 1.98. The average molecular weight is 218 g/mol. The lowest BCUT2D eigenvalue weighted by Gasteiger charge is -2.15. The Morgan fingerprint density at radius 3 is 2.81 bits per heavy atom. The first-order valence-electron chi connectivity index (χ1n) is 5.99. The van der Waals surface area contributed by atoms with Crippen molar-refractivity contribution in [3.63, 3.8) is 0 Å². The van der Waals surface area contributed by atoms with Gasteiger partial charge < -0.3 is 4.74 Å². The van der Waals surface area contributed by atoms with Crippen molar-refractivity contribution in [1.29, 1.82) is 0 Å². The Bertz CT molecular complexity index is 345. The molecular formula is C14H18O2. The molecule has 1 fully saturated rings. The second-order valence-corrected chi connectivity index (χ2v) is 4.34.